The van der Waals surface area contributed by atoms with E-state index in [9.17, 15) is 14.7 Å². The van der Waals surface area contributed by atoms with Crippen LogP contribution in [0.4, 0.5) is 0 Å². The Labute approximate surface area is 169 Å². The zero-order valence-electron chi connectivity index (χ0n) is 16.5. The van der Waals surface area contributed by atoms with E-state index in [0.717, 1.165) is 36.8 Å². The molecule has 0 radical (unpaired) electrons. The lowest BCUT2D eigenvalue weighted by Gasteiger charge is -2.23. The number of amides is 1. The molecule has 1 aliphatic carbocycles. The van der Waals surface area contributed by atoms with Gasteiger partial charge in [-0.2, -0.15) is 0 Å². The molecule has 1 aromatic carbocycles. The quantitative estimate of drug-likeness (QED) is 0.713. The normalized spacial score (nSPS) is 14.8. The minimum absolute atomic E-state index is 0.0465. The SMILES string of the molecule is Cc1ccc(Cn2c(=O)c(C(=O)NC3CCCCC3)c(O)c3cnccc32)cc1. The van der Waals surface area contributed by atoms with Gasteiger partial charge in [-0.05, 0) is 31.4 Å². The summed E-state index contributed by atoms with van der Waals surface area (Å²) in [4.78, 5) is 30.3. The Morgan fingerprint density at radius 3 is 2.62 bits per heavy atom. The molecule has 0 atom stereocenters. The number of carbonyl (C=O) groups is 1. The van der Waals surface area contributed by atoms with Crippen LogP contribution in [0.2, 0.25) is 0 Å². The maximum Gasteiger partial charge on any atom is 0.268 e. The fraction of sp³-hybridized carbons (Fsp3) is 0.348. The fourth-order valence-electron chi connectivity index (χ4n) is 4.03. The summed E-state index contributed by atoms with van der Waals surface area (Å²) in [6.45, 7) is 2.31. The highest BCUT2D eigenvalue weighted by Crippen LogP contribution is 2.27. The Morgan fingerprint density at radius 2 is 1.90 bits per heavy atom. The van der Waals surface area contributed by atoms with Crippen molar-refractivity contribution in [3.8, 4) is 5.75 Å². The highest BCUT2D eigenvalue weighted by atomic mass is 16.3. The number of benzene rings is 1. The van der Waals surface area contributed by atoms with E-state index in [2.05, 4.69) is 10.3 Å². The van der Waals surface area contributed by atoms with Crippen molar-refractivity contribution in [1.29, 1.82) is 0 Å². The predicted molar refractivity (Wildman–Crippen MR) is 112 cm³/mol. The van der Waals surface area contributed by atoms with Gasteiger partial charge in [0.05, 0.1) is 17.4 Å². The third kappa shape index (κ3) is 3.88. The summed E-state index contributed by atoms with van der Waals surface area (Å²) < 4.78 is 1.54. The number of aryl methyl sites for hydroxylation is 1. The van der Waals surface area contributed by atoms with Crippen LogP contribution in [0.3, 0.4) is 0 Å². The van der Waals surface area contributed by atoms with E-state index in [1.165, 1.54) is 17.2 Å². The number of nitrogens with one attached hydrogen (secondary N) is 1. The zero-order valence-corrected chi connectivity index (χ0v) is 16.5. The van der Waals surface area contributed by atoms with Gasteiger partial charge in [0.25, 0.3) is 11.5 Å². The first-order chi connectivity index (χ1) is 14.0. The molecule has 0 saturated heterocycles. The number of pyridine rings is 2. The van der Waals surface area contributed by atoms with E-state index >= 15 is 0 Å². The van der Waals surface area contributed by atoms with Crippen molar-refractivity contribution in [3.05, 3.63) is 69.8 Å². The standard InChI is InChI=1S/C23H25N3O3/c1-15-7-9-16(10-8-15)14-26-19-11-12-24-13-18(19)21(27)20(23(26)29)22(28)25-17-5-3-2-4-6-17/h7-13,17,27H,2-6,14H2,1H3,(H,25,28). The van der Waals surface area contributed by atoms with Gasteiger partial charge in [0.1, 0.15) is 11.3 Å². The van der Waals surface area contributed by atoms with Crippen molar-refractivity contribution in [3.63, 3.8) is 0 Å². The maximum atomic E-state index is 13.3. The van der Waals surface area contributed by atoms with Crippen LogP contribution in [0.5, 0.6) is 5.75 Å². The van der Waals surface area contributed by atoms with E-state index in [1.807, 2.05) is 31.2 Å². The lowest BCUT2D eigenvalue weighted by molar-refractivity contribution is 0.0923. The minimum Gasteiger partial charge on any atom is -0.506 e. The molecule has 0 unspecified atom stereocenters. The molecule has 2 N–H and O–H groups in total. The van der Waals surface area contributed by atoms with Crippen LogP contribution in [-0.2, 0) is 6.54 Å². The first-order valence-corrected chi connectivity index (χ1v) is 10.1. The number of hydrogen-bond donors (Lipinski definition) is 2. The first-order valence-electron chi connectivity index (χ1n) is 10.1. The topological polar surface area (TPSA) is 84.2 Å². The number of carbonyl (C=O) groups excluding carboxylic acids is 1. The van der Waals surface area contributed by atoms with E-state index in [1.54, 1.807) is 12.3 Å². The van der Waals surface area contributed by atoms with E-state index in [-0.39, 0.29) is 17.4 Å². The number of aromatic hydroxyl groups is 1. The molecule has 2 heterocycles. The third-order valence-electron chi connectivity index (χ3n) is 5.67. The van der Waals surface area contributed by atoms with Crippen molar-refractivity contribution >= 4 is 16.8 Å². The smallest absolute Gasteiger partial charge is 0.268 e. The van der Waals surface area contributed by atoms with Crippen LogP contribution in [0.15, 0.2) is 47.5 Å². The Bertz CT molecular complexity index is 1100. The molecule has 0 spiro atoms. The molecule has 29 heavy (non-hydrogen) atoms. The number of nitrogens with zero attached hydrogens (tertiary/aromatic N) is 2. The minimum atomic E-state index is -0.511. The van der Waals surface area contributed by atoms with Crippen molar-refractivity contribution in [1.82, 2.24) is 14.9 Å². The van der Waals surface area contributed by atoms with E-state index < -0.39 is 11.5 Å². The van der Waals surface area contributed by atoms with Gasteiger partial charge in [-0.25, -0.2) is 0 Å². The number of fused-ring (bicyclic) bond motifs is 1. The van der Waals surface area contributed by atoms with E-state index in [0.29, 0.717) is 17.4 Å². The number of hydrogen-bond acceptors (Lipinski definition) is 4. The fourth-order valence-corrected chi connectivity index (χ4v) is 4.03. The lowest BCUT2D eigenvalue weighted by atomic mass is 9.95. The highest BCUT2D eigenvalue weighted by Gasteiger charge is 2.25. The molecular weight excluding hydrogens is 366 g/mol. The maximum absolute atomic E-state index is 13.3. The molecule has 6 nitrogen and oxygen atoms in total. The first kappa shape index (κ1) is 19.2. The molecule has 1 saturated carbocycles. The number of rotatable bonds is 4. The summed E-state index contributed by atoms with van der Waals surface area (Å²) in [6, 6.07) is 9.63. The van der Waals surface area contributed by atoms with E-state index in [4.69, 9.17) is 0 Å². The van der Waals surface area contributed by atoms with Gasteiger partial charge in [-0.1, -0.05) is 49.1 Å². The summed E-state index contributed by atoms with van der Waals surface area (Å²) >= 11 is 0. The zero-order chi connectivity index (χ0) is 20.4. The van der Waals surface area contributed by atoms with Crippen LogP contribution in [-0.4, -0.2) is 26.6 Å². The Kier molecular flexibility index (Phi) is 5.34. The average molecular weight is 391 g/mol. The summed E-state index contributed by atoms with van der Waals surface area (Å²) in [6.07, 6.45) is 8.18. The highest BCUT2D eigenvalue weighted by molar-refractivity contribution is 6.02. The van der Waals surface area contributed by atoms with Crippen LogP contribution in [0.1, 0.15) is 53.6 Å². The largest absolute Gasteiger partial charge is 0.506 e. The average Bonchev–Trinajstić information content (AvgIpc) is 2.73. The van der Waals surface area contributed by atoms with Crippen LogP contribution in [0, 0.1) is 6.92 Å². The van der Waals surface area contributed by atoms with Gasteiger partial charge < -0.3 is 15.0 Å². The van der Waals surface area contributed by atoms with Crippen molar-refractivity contribution in [2.75, 3.05) is 0 Å². The molecule has 4 rings (SSSR count). The van der Waals surface area contributed by atoms with Gasteiger partial charge >= 0.3 is 0 Å². The number of aromatic nitrogens is 2. The van der Waals surface area contributed by atoms with Gasteiger partial charge in [-0.15, -0.1) is 0 Å². The molecule has 6 heteroatoms. The van der Waals surface area contributed by atoms with Gasteiger partial charge in [-0.3, -0.25) is 14.6 Å². The van der Waals surface area contributed by atoms with Crippen molar-refractivity contribution in [2.24, 2.45) is 0 Å². The summed E-state index contributed by atoms with van der Waals surface area (Å²) in [5, 5.41) is 14.1. The van der Waals surface area contributed by atoms with Gasteiger partial charge in [0.2, 0.25) is 0 Å². The molecule has 3 aromatic rings. The van der Waals surface area contributed by atoms with Crippen molar-refractivity contribution in [2.45, 2.75) is 51.6 Å². The molecule has 0 aliphatic heterocycles. The molecule has 1 amide bonds. The molecule has 1 fully saturated rings. The second kappa shape index (κ2) is 8.07. The van der Waals surface area contributed by atoms with Crippen LogP contribution >= 0.6 is 0 Å². The predicted octanol–water partition coefficient (Wildman–Crippen LogP) is 3.52. The molecule has 0 bridgehead atoms. The molecular formula is C23H25N3O3. The second-order valence-electron chi connectivity index (χ2n) is 7.80. The molecule has 150 valence electrons. The monoisotopic (exact) mass is 391 g/mol. The summed E-state index contributed by atoms with van der Waals surface area (Å²) in [5.74, 6) is -0.811. The van der Waals surface area contributed by atoms with Crippen LogP contribution < -0.4 is 10.9 Å². The van der Waals surface area contributed by atoms with Crippen LogP contribution in [0.25, 0.3) is 10.9 Å². The molecule has 2 aromatic heterocycles. The summed E-state index contributed by atoms with van der Waals surface area (Å²) in [5.41, 5.74) is 1.93. The van der Waals surface area contributed by atoms with Gasteiger partial charge in [0, 0.05) is 18.4 Å². The lowest BCUT2D eigenvalue weighted by Crippen LogP contribution is -2.40. The second-order valence-corrected chi connectivity index (χ2v) is 7.80. The Morgan fingerprint density at radius 1 is 1.17 bits per heavy atom. The Hall–Kier alpha value is -3.15. The third-order valence-corrected chi connectivity index (χ3v) is 5.67. The molecule has 1 aliphatic rings. The summed E-state index contributed by atoms with van der Waals surface area (Å²) in [7, 11) is 0. The van der Waals surface area contributed by atoms with Crippen molar-refractivity contribution < 1.29 is 9.90 Å². The van der Waals surface area contributed by atoms with Gasteiger partial charge in [0.15, 0.2) is 0 Å². The Balaban J connectivity index is 1.79.